The van der Waals surface area contributed by atoms with E-state index in [-0.39, 0.29) is 6.03 Å². The molecule has 0 fully saturated rings. The Morgan fingerprint density at radius 3 is 2.91 bits per heavy atom. The first-order valence-corrected chi connectivity index (χ1v) is 7.34. The SMILES string of the molecule is COc1ccccc1NC(=O)NCc1cn2cc(Cl)ccc2n1. The van der Waals surface area contributed by atoms with Gasteiger partial charge in [-0.3, -0.25) is 0 Å². The van der Waals surface area contributed by atoms with Crippen LogP contribution in [-0.2, 0) is 6.54 Å². The quantitative estimate of drug-likeness (QED) is 0.771. The molecule has 118 valence electrons. The normalized spacial score (nSPS) is 10.5. The van der Waals surface area contributed by atoms with Crippen molar-refractivity contribution < 1.29 is 9.53 Å². The number of para-hydroxylation sites is 2. The van der Waals surface area contributed by atoms with Crippen LogP contribution in [0.1, 0.15) is 5.69 Å². The highest BCUT2D eigenvalue weighted by atomic mass is 35.5. The third kappa shape index (κ3) is 3.54. The second-order valence-corrected chi connectivity index (χ2v) is 5.29. The van der Waals surface area contributed by atoms with Crippen LogP contribution in [0.4, 0.5) is 10.5 Å². The van der Waals surface area contributed by atoms with Crippen LogP contribution < -0.4 is 15.4 Å². The van der Waals surface area contributed by atoms with E-state index in [1.165, 1.54) is 0 Å². The second kappa shape index (κ2) is 6.58. The number of aromatic nitrogens is 2. The molecular weight excluding hydrogens is 316 g/mol. The Morgan fingerprint density at radius 2 is 2.09 bits per heavy atom. The Bertz CT molecular complexity index is 847. The van der Waals surface area contributed by atoms with Crippen LogP contribution in [0.2, 0.25) is 5.02 Å². The smallest absolute Gasteiger partial charge is 0.319 e. The van der Waals surface area contributed by atoms with E-state index in [1.54, 1.807) is 31.5 Å². The van der Waals surface area contributed by atoms with Gasteiger partial charge in [-0.05, 0) is 24.3 Å². The standard InChI is InChI=1S/C16H15ClN4O2/c1-23-14-5-3-2-4-13(14)20-16(22)18-8-12-10-21-9-11(17)6-7-15(21)19-12/h2-7,9-10H,8H2,1H3,(H2,18,20,22). The van der Waals surface area contributed by atoms with Gasteiger partial charge in [-0.25, -0.2) is 9.78 Å². The van der Waals surface area contributed by atoms with E-state index in [4.69, 9.17) is 16.3 Å². The molecule has 0 aliphatic heterocycles. The van der Waals surface area contributed by atoms with E-state index in [0.717, 1.165) is 11.3 Å². The van der Waals surface area contributed by atoms with Crippen LogP contribution in [0, 0.1) is 0 Å². The number of methoxy groups -OCH3 is 1. The van der Waals surface area contributed by atoms with Crippen molar-refractivity contribution in [2.75, 3.05) is 12.4 Å². The number of ether oxygens (including phenoxy) is 1. The average molecular weight is 331 g/mol. The van der Waals surface area contributed by atoms with Crippen LogP contribution in [0.15, 0.2) is 48.8 Å². The number of benzene rings is 1. The molecule has 23 heavy (non-hydrogen) atoms. The largest absolute Gasteiger partial charge is 0.495 e. The van der Waals surface area contributed by atoms with Crippen LogP contribution in [0.5, 0.6) is 5.75 Å². The Hall–Kier alpha value is -2.73. The molecule has 3 rings (SSSR count). The molecule has 2 N–H and O–H groups in total. The van der Waals surface area contributed by atoms with Gasteiger partial charge in [-0.15, -0.1) is 0 Å². The van der Waals surface area contributed by atoms with E-state index in [0.29, 0.717) is 23.0 Å². The summed E-state index contributed by atoms with van der Waals surface area (Å²) in [6.07, 6.45) is 3.59. The molecule has 0 aliphatic carbocycles. The first-order valence-electron chi connectivity index (χ1n) is 6.97. The third-order valence-corrected chi connectivity index (χ3v) is 3.47. The minimum Gasteiger partial charge on any atom is -0.495 e. The van der Waals surface area contributed by atoms with E-state index >= 15 is 0 Å². The molecule has 2 heterocycles. The first-order chi connectivity index (χ1) is 11.2. The summed E-state index contributed by atoms with van der Waals surface area (Å²) < 4.78 is 7.01. The summed E-state index contributed by atoms with van der Waals surface area (Å²) in [5.74, 6) is 0.602. The lowest BCUT2D eigenvalue weighted by atomic mass is 10.3. The molecule has 2 amide bonds. The molecule has 6 nitrogen and oxygen atoms in total. The van der Waals surface area contributed by atoms with Crippen molar-refractivity contribution in [3.05, 3.63) is 59.5 Å². The number of rotatable bonds is 4. The maximum absolute atomic E-state index is 12.0. The molecule has 0 aliphatic rings. The zero-order valence-corrected chi connectivity index (χ0v) is 13.2. The minimum absolute atomic E-state index is 0.306. The molecule has 0 saturated carbocycles. The van der Waals surface area contributed by atoms with Gasteiger partial charge >= 0.3 is 6.03 Å². The molecule has 1 aromatic carbocycles. The lowest BCUT2D eigenvalue weighted by Gasteiger charge is -2.10. The number of pyridine rings is 1. The number of hydrogen-bond donors (Lipinski definition) is 2. The maximum atomic E-state index is 12.0. The minimum atomic E-state index is -0.329. The highest BCUT2D eigenvalue weighted by Gasteiger charge is 2.08. The molecule has 0 saturated heterocycles. The highest BCUT2D eigenvalue weighted by Crippen LogP contribution is 2.22. The number of nitrogens with zero attached hydrogens (tertiary/aromatic N) is 2. The topological polar surface area (TPSA) is 67.7 Å². The summed E-state index contributed by atoms with van der Waals surface area (Å²) in [6, 6.07) is 10.5. The molecule has 3 aromatic rings. The molecule has 2 aromatic heterocycles. The van der Waals surface area contributed by atoms with Crippen molar-refractivity contribution >= 4 is 29.0 Å². The second-order valence-electron chi connectivity index (χ2n) is 4.85. The molecule has 0 bridgehead atoms. The number of hydrogen-bond acceptors (Lipinski definition) is 3. The number of fused-ring (bicyclic) bond motifs is 1. The number of carbonyl (C=O) groups is 1. The monoisotopic (exact) mass is 330 g/mol. The number of halogens is 1. The van der Waals surface area contributed by atoms with Gasteiger partial charge in [0.15, 0.2) is 0 Å². The number of carbonyl (C=O) groups excluding carboxylic acids is 1. The highest BCUT2D eigenvalue weighted by molar-refractivity contribution is 6.30. The van der Waals surface area contributed by atoms with Gasteiger partial charge in [0.2, 0.25) is 0 Å². The Labute approximate surface area is 138 Å². The number of imidazole rings is 1. The van der Waals surface area contributed by atoms with E-state index in [1.807, 2.05) is 28.8 Å². The molecule has 0 unspecified atom stereocenters. The number of amides is 2. The molecule has 0 atom stereocenters. The summed E-state index contributed by atoms with van der Waals surface area (Å²) in [6.45, 7) is 0.306. The van der Waals surface area contributed by atoms with Crippen LogP contribution >= 0.6 is 11.6 Å². The van der Waals surface area contributed by atoms with Crippen molar-refractivity contribution in [1.29, 1.82) is 0 Å². The summed E-state index contributed by atoms with van der Waals surface area (Å²) >= 11 is 5.93. The van der Waals surface area contributed by atoms with Crippen molar-refractivity contribution in [2.45, 2.75) is 6.54 Å². The van der Waals surface area contributed by atoms with Crippen molar-refractivity contribution in [2.24, 2.45) is 0 Å². The van der Waals surface area contributed by atoms with E-state index < -0.39 is 0 Å². The molecule has 0 radical (unpaired) electrons. The van der Waals surface area contributed by atoms with Gasteiger partial charge < -0.3 is 19.8 Å². The van der Waals surface area contributed by atoms with Gasteiger partial charge in [-0.2, -0.15) is 0 Å². The van der Waals surface area contributed by atoms with Gasteiger partial charge in [0.25, 0.3) is 0 Å². The fourth-order valence-electron chi connectivity index (χ4n) is 2.19. The molecule has 0 spiro atoms. The third-order valence-electron chi connectivity index (χ3n) is 3.25. The van der Waals surface area contributed by atoms with Gasteiger partial charge in [0, 0.05) is 12.4 Å². The van der Waals surface area contributed by atoms with E-state index in [9.17, 15) is 4.79 Å². The summed E-state index contributed by atoms with van der Waals surface area (Å²) in [4.78, 5) is 16.4. The zero-order valence-electron chi connectivity index (χ0n) is 12.4. The van der Waals surface area contributed by atoms with Gasteiger partial charge in [-0.1, -0.05) is 23.7 Å². The number of urea groups is 1. The molecule has 7 heteroatoms. The maximum Gasteiger partial charge on any atom is 0.319 e. The van der Waals surface area contributed by atoms with Gasteiger partial charge in [0.05, 0.1) is 30.1 Å². The van der Waals surface area contributed by atoms with Crippen molar-refractivity contribution in [3.63, 3.8) is 0 Å². The Kier molecular flexibility index (Phi) is 4.34. The number of nitrogens with one attached hydrogen (secondary N) is 2. The van der Waals surface area contributed by atoms with Crippen LogP contribution in [0.3, 0.4) is 0 Å². The predicted octanol–water partition coefficient (Wildman–Crippen LogP) is 3.32. The Morgan fingerprint density at radius 1 is 1.26 bits per heavy atom. The fraction of sp³-hybridized carbons (Fsp3) is 0.125. The number of anilines is 1. The summed E-state index contributed by atoms with van der Waals surface area (Å²) in [7, 11) is 1.56. The lowest BCUT2D eigenvalue weighted by Crippen LogP contribution is -2.28. The van der Waals surface area contributed by atoms with Crippen molar-refractivity contribution in [1.82, 2.24) is 14.7 Å². The first kappa shape index (κ1) is 15.2. The predicted molar refractivity (Wildman–Crippen MR) is 89.1 cm³/mol. The average Bonchev–Trinajstić information content (AvgIpc) is 2.95. The van der Waals surface area contributed by atoms with E-state index in [2.05, 4.69) is 15.6 Å². The summed E-state index contributed by atoms with van der Waals surface area (Å²) in [5.41, 5.74) is 2.12. The van der Waals surface area contributed by atoms with Crippen LogP contribution in [-0.4, -0.2) is 22.5 Å². The van der Waals surface area contributed by atoms with Gasteiger partial charge in [0.1, 0.15) is 11.4 Å². The molecular formula is C16H15ClN4O2. The van der Waals surface area contributed by atoms with Crippen molar-refractivity contribution in [3.8, 4) is 5.75 Å². The summed E-state index contributed by atoms with van der Waals surface area (Å²) in [5, 5.41) is 6.13. The fourth-order valence-corrected chi connectivity index (χ4v) is 2.36. The van der Waals surface area contributed by atoms with Crippen LogP contribution in [0.25, 0.3) is 5.65 Å². The lowest BCUT2D eigenvalue weighted by molar-refractivity contribution is 0.251. The Balaban J connectivity index is 1.63. The zero-order chi connectivity index (χ0) is 16.2.